The van der Waals surface area contributed by atoms with Gasteiger partial charge in [-0.05, 0) is 32.9 Å². The summed E-state index contributed by atoms with van der Waals surface area (Å²) in [5.41, 5.74) is 0.211. The summed E-state index contributed by atoms with van der Waals surface area (Å²) < 4.78 is 24.8. The summed E-state index contributed by atoms with van der Waals surface area (Å²) in [6.45, 7) is 6.26. The fourth-order valence-corrected chi connectivity index (χ4v) is 2.31. The molecule has 1 aromatic carbocycles. The lowest BCUT2D eigenvalue weighted by Crippen LogP contribution is -2.57. The van der Waals surface area contributed by atoms with E-state index in [1.165, 1.54) is 6.07 Å². The summed E-state index contributed by atoms with van der Waals surface area (Å²) >= 11 is 0. The van der Waals surface area contributed by atoms with E-state index in [0.29, 0.717) is 13.1 Å². The van der Waals surface area contributed by atoms with Gasteiger partial charge in [-0.2, -0.15) is 0 Å². The molecule has 0 saturated carbocycles. The summed E-state index contributed by atoms with van der Waals surface area (Å²) in [4.78, 5) is 16.3. The maximum Gasteiger partial charge on any atom is 0.410 e. The number of nitrogens with one attached hydrogen (secondary N) is 1. The van der Waals surface area contributed by atoms with Gasteiger partial charge in [0.2, 0.25) is 0 Å². The largest absolute Gasteiger partial charge is 0.484 e. The molecule has 1 fully saturated rings. The minimum absolute atomic E-state index is 0.209. The molecular weight excluding hydrogens is 287 g/mol. The molecule has 2 heterocycles. The van der Waals surface area contributed by atoms with E-state index >= 15 is 0 Å². The number of carbonyl (C=O) groups is 1. The summed E-state index contributed by atoms with van der Waals surface area (Å²) in [5.74, 6) is -0.202. The zero-order valence-corrected chi connectivity index (χ0v) is 12.9. The maximum absolute atomic E-state index is 13.9. The Bertz CT molecular complexity index is 699. The number of aromatic amines is 1. The Labute approximate surface area is 128 Å². The first-order valence-corrected chi connectivity index (χ1v) is 7.23. The minimum Gasteiger partial charge on any atom is -0.484 e. The van der Waals surface area contributed by atoms with Gasteiger partial charge in [0.05, 0.1) is 13.1 Å². The molecule has 0 unspecified atom stereocenters. The van der Waals surface area contributed by atoms with Crippen molar-refractivity contribution in [2.24, 2.45) is 0 Å². The Kier molecular flexibility index (Phi) is 3.47. The fraction of sp³-hybridized carbons (Fsp3) is 0.438. The second kappa shape index (κ2) is 5.19. The van der Waals surface area contributed by atoms with Crippen LogP contribution in [-0.2, 0) is 4.74 Å². The van der Waals surface area contributed by atoms with Crippen molar-refractivity contribution in [1.29, 1.82) is 0 Å². The normalized spacial score (nSPS) is 15.7. The Morgan fingerprint density at radius 3 is 2.77 bits per heavy atom. The number of amides is 1. The number of nitrogens with zero attached hydrogens (tertiary/aromatic N) is 1. The van der Waals surface area contributed by atoms with Crippen molar-refractivity contribution in [3.05, 3.63) is 30.2 Å². The van der Waals surface area contributed by atoms with Crippen LogP contribution in [-0.4, -0.2) is 40.8 Å². The van der Waals surface area contributed by atoms with Crippen LogP contribution >= 0.6 is 0 Å². The third-order valence-electron chi connectivity index (χ3n) is 3.40. The fourth-order valence-electron chi connectivity index (χ4n) is 2.31. The van der Waals surface area contributed by atoms with Gasteiger partial charge in [0.1, 0.15) is 11.7 Å². The summed E-state index contributed by atoms with van der Waals surface area (Å²) in [7, 11) is 0. The molecule has 0 aliphatic carbocycles. The molecule has 3 rings (SSSR count). The van der Waals surface area contributed by atoms with Gasteiger partial charge >= 0.3 is 6.09 Å². The van der Waals surface area contributed by atoms with Gasteiger partial charge < -0.3 is 19.4 Å². The second-order valence-electron chi connectivity index (χ2n) is 6.47. The Balaban J connectivity index is 1.59. The van der Waals surface area contributed by atoms with Crippen LogP contribution in [0.25, 0.3) is 10.9 Å². The van der Waals surface area contributed by atoms with Crippen LogP contribution in [0.4, 0.5) is 9.18 Å². The summed E-state index contributed by atoms with van der Waals surface area (Å²) in [5, 5.41) is 0.889. The van der Waals surface area contributed by atoms with E-state index in [1.54, 1.807) is 17.2 Å². The number of H-pyrrole nitrogens is 1. The Morgan fingerprint density at radius 1 is 1.36 bits per heavy atom. The number of hydrogen-bond donors (Lipinski definition) is 1. The monoisotopic (exact) mass is 306 g/mol. The molecule has 22 heavy (non-hydrogen) atoms. The molecule has 0 bridgehead atoms. The van der Waals surface area contributed by atoms with E-state index in [0.717, 1.165) is 10.9 Å². The van der Waals surface area contributed by atoms with Gasteiger partial charge in [-0.25, -0.2) is 9.18 Å². The predicted molar refractivity (Wildman–Crippen MR) is 80.5 cm³/mol. The van der Waals surface area contributed by atoms with E-state index in [9.17, 15) is 9.18 Å². The molecule has 0 atom stereocenters. The number of ether oxygens (including phenoxy) is 2. The van der Waals surface area contributed by atoms with Crippen molar-refractivity contribution in [3.63, 3.8) is 0 Å². The number of rotatable bonds is 2. The van der Waals surface area contributed by atoms with Crippen LogP contribution in [0.2, 0.25) is 0 Å². The number of fused-ring (bicyclic) bond motifs is 1. The average Bonchev–Trinajstić information content (AvgIpc) is 2.77. The minimum atomic E-state index is -0.519. The van der Waals surface area contributed by atoms with Crippen molar-refractivity contribution in [2.45, 2.75) is 32.5 Å². The van der Waals surface area contributed by atoms with Crippen molar-refractivity contribution >= 4 is 17.0 Å². The third-order valence-corrected chi connectivity index (χ3v) is 3.40. The van der Waals surface area contributed by atoms with Crippen molar-refractivity contribution in [2.75, 3.05) is 13.1 Å². The highest BCUT2D eigenvalue weighted by Gasteiger charge is 2.35. The van der Waals surface area contributed by atoms with Crippen LogP contribution in [0.3, 0.4) is 0 Å². The highest BCUT2D eigenvalue weighted by Crippen LogP contribution is 2.27. The first kappa shape index (κ1) is 14.7. The van der Waals surface area contributed by atoms with Crippen molar-refractivity contribution < 1.29 is 18.7 Å². The van der Waals surface area contributed by atoms with E-state index in [4.69, 9.17) is 9.47 Å². The SMILES string of the molecule is CC(C)(C)OC(=O)N1CC(Oc2cc3cc[nH]c3cc2F)C1. The lowest BCUT2D eigenvalue weighted by Gasteiger charge is -2.39. The van der Waals surface area contributed by atoms with Gasteiger partial charge in [0, 0.05) is 23.2 Å². The zero-order chi connectivity index (χ0) is 15.9. The molecule has 0 radical (unpaired) electrons. The highest BCUT2D eigenvalue weighted by molar-refractivity contribution is 5.81. The molecule has 1 aliphatic heterocycles. The van der Waals surface area contributed by atoms with E-state index in [1.807, 2.05) is 26.8 Å². The van der Waals surface area contributed by atoms with Crippen molar-refractivity contribution in [3.8, 4) is 5.75 Å². The van der Waals surface area contributed by atoms with Crippen LogP contribution in [0.1, 0.15) is 20.8 Å². The predicted octanol–water partition coefficient (Wildman–Crippen LogP) is 3.31. The molecule has 1 aromatic heterocycles. The lowest BCUT2D eigenvalue weighted by atomic mass is 10.1. The molecule has 1 N–H and O–H groups in total. The highest BCUT2D eigenvalue weighted by atomic mass is 19.1. The lowest BCUT2D eigenvalue weighted by molar-refractivity contribution is -0.0229. The van der Waals surface area contributed by atoms with Crippen LogP contribution in [0, 0.1) is 5.82 Å². The number of halogens is 1. The van der Waals surface area contributed by atoms with Crippen LogP contribution < -0.4 is 4.74 Å². The summed E-state index contributed by atoms with van der Waals surface area (Å²) in [6.07, 6.45) is 1.17. The van der Waals surface area contributed by atoms with Gasteiger partial charge in [0.15, 0.2) is 11.6 Å². The molecular formula is C16H19FN2O3. The first-order chi connectivity index (χ1) is 10.3. The number of hydrogen-bond acceptors (Lipinski definition) is 3. The second-order valence-corrected chi connectivity index (χ2v) is 6.47. The average molecular weight is 306 g/mol. The van der Waals surface area contributed by atoms with Gasteiger partial charge in [-0.1, -0.05) is 0 Å². The molecule has 0 spiro atoms. The standard InChI is InChI=1S/C16H19FN2O3/c1-16(2,3)22-15(20)19-8-11(9-19)21-14-6-10-4-5-18-13(10)7-12(14)17/h4-7,11,18H,8-9H2,1-3H3. The van der Waals surface area contributed by atoms with Crippen molar-refractivity contribution in [1.82, 2.24) is 9.88 Å². The van der Waals surface area contributed by atoms with Gasteiger partial charge in [0.25, 0.3) is 0 Å². The molecule has 1 aliphatic rings. The van der Waals surface area contributed by atoms with Crippen LogP contribution in [0.5, 0.6) is 5.75 Å². The smallest absolute Gasteiger partial charge is 0.410 e. The molecule has 1 amide bonds. The number of carbonyl (C=O) groups excluding carboxylic acids is 1. The van der Waals surface area contributed by atoms with E-state index in [-0.39, 0.29) is 17.9 Å². The topological polar surface area (TPSA) is 54.6 Å². The van der Waals surface area contributed by atoms with E-state index < -0.39 is 11.4 Å². The zero-order valence-electron chi connectivity index (χ0n) is 12.9. The Morgan fingerprint density at radius 2 is 2.09 bits per heavy atom. The quantitative estimate of drug-likeness (QED) is 0.926. The van der Waals surface area contributed by atoms with E-state index in [2.05, 4.69) is 4.98 Å². The number of benzene rings is 1. The molecule has 1 saturated heterocycles. The molecule has 118 valence electrons. The van der Waals surface area contributed by atoms with Crippen LogP contribution in [0.15, 0.2) is 24.4 Å². The van der Waals surface area contributed by atoms with Gasteiger partial charge in [-0.3, -0.25) is 0 Å². The van der Waals surface area contributed by atoms with Gasteiger partial charge in [-0.15, -0.1) is 0 Å². The Hall–Kier alpha value is -2.24. The maximum atomic E-state index is 13.9. The third kappa shape index (κ3) is 3.00. The number of likely N-dealkylation sites (tertiary alicyclic amines) is 1. The molecule has 2 aromatic rings. The molecule has 5 nitrogen and oxygen atoms in total. The molecule has 6 heteroatoms. The summed E-state index contributed by atoms with van der Waals surface area (Å²) in [6, 6.07) is 4.93. The first-order valence-electron chi connectivity index (χ1n) is 7.23. The number of aromatic nitrogens is 1.